The van der Waals surface area contributed by atoms with Gasteiger partial charge in [-0.05, 0) is 99.2 Å². The number of aromatic nitrogens is 1. The second-order valence-electron chi connectivity index (χ2n) is 12.0. The lowest BCUT2D eigenvalue weighted by Gasteiger charge is -2.31. The first kappa shape index (κ1) is 25.2. The van der Waals surface area contributed by atoms with Gasteiger partial charge in [0.25, 0.3) is 5.91 Å². The smallest absolute Gasteiger partial charge is 0.252 e. The second-order valence-corrected chi connectivity index (χ2v) is 12.0. The number of benzene rings is 2. The molecule has 2 aromatic carbocycles. The highest BCUT2D eigenvalue weighted by molar-refractivity contribution is 6.07. The van der Waals surface area contributed by atoms with E-state index in [0.29, 0.717) is 18.0 Å². The molecule has 38 heavy (non-hydrogen) atoms. The molecule has 2 atom stereocenters. The molecule has 6 rings (SSSR count). The highest BCUT2D eigenvalue weighted by Gasteiger charge is 2.43. The predicted octanol–water partition coefficient (Wildman–Crippen LogP) is 6.95. The van der Waals surface area contributed by atoms with Crippen LogP contribution in [-0.4, -0.2) is 34.2 Å². The Bertz CT molecular complexity index is 1370. The Morgan fingerprint density at radius 1 is 0.974 bits per heavy atom. The number of nitrogens with one attached hydrogen (secondary N) is 1. The summed E-state index contributed by atoms with van der Waals surface area (Å²) in [7, 11) is 0. The molecule has 0 spiro atoms. The van der Waals surface area contributed by atoms with Crippen molar-refractivity contribution in [1.82, 2.24) is 15.2 Å². The highest BCUT2D eigenvalue weighted by Crippen LogP contribution is 2.53. The van der Waals surface area contributed by atoms with Crippen LogP contribution in [-0.2, 0) is 0 Å². The lowest BCUT2D eigenvalue weighted by molar-refractivity contribution is 0.0917. The minimum absolute atomic E-state index is 0.0215. The fourth-order valence-electron chi connectivity index (χ4n) is 7.20. The maximum Gasteiger partial charge on any atom is 0.252 e. The molecule has 3 aliphatic rings. The van der Waals surface area contributed by atoms with E-state index >= 15 is 0 Å². The number of pyridine rings is 1. The van der Waals surface area contributed by atoms with Gasteiger partial charge in [-0.15, -0.1) is 0 Å². The maximum atomic E-state index is 13.1. The van der Waals surface area contributed by atoms with Crippen LogP contribution < -0.4 is 5.32 Å². The number of carbonyl (C=O) groups excluding carboxylic acids is 2. The number of carbonyl (C=O) groups is 2. The molecule has 1 N–H and O–H groups in total. The van der Waals surface area contributed by atoms with Crippen molar-refractivity contribution in [3.8, 4) is 0 Å². The van der Waals surface area contributed by atoms with E-state index < -0.39 is 0 Å². The molecule has 2 fully saturated rings. The Morgan fingerprint density at radius 3 is 2.50 bits per heavy atom. The van der Waals surface area contributed by atoms with Crippen molar-refractivity contribution in [1.29, 1.82) is 0 Å². The van der Waals surface area contributed by atoms with Gasteiger partial charge >= 0.3 is 0 Å². The lowest BCUT2D eigenvalue weighted by atomic mass is 9.84. The van der Waals surface area contributed by atoms with Crippen molar-refractivity contribution in [2.75, 3.05) is 6.54 Å². The topological polar surface area (TPSA) is 62.3 Å². The number of nitrogens with zero attached hydrogens (tertiary/aromatic N) is 2. The average Bonchev–Trinajstić information content (AvgIpc) is 3.48. The normalized spacial score (nSPS) is 24.6. The van der Waals surface area contributed by atoms with Crippen LogP contribution >= 0.6 is 0 Å². The minimum atomic E-state index is 0.0215. The van der Waals surface area contributed by atoms with Gasteiger partial charge in [0.2, 0.25) is 0 Å². The molecular weight excluding hydrogens is 470 g/mol. The molecule has 1 saturated carbocycles. The van der Waals surface area contributed by atoms with Gasteiger partial charge in [-0.2, -0.15) is 0 Å². The molecule has 1 aromatic heterocycles. The van der Waals surface area contributed by atoms with Gasteiger partial charge in [0.15, 0.2) is 5.78 Å². The Kier molecular flexibility index (Phi) is 6.81. The second kappa shape index (κ2) is 10.3. The standard InChI is InChI=1S/C33H39N3O2/c1-20(2)32(37)23-9-13-25-28(19-23)30-15-14-29(25)36(30)18-16-22-7-10-24(11-8-22)35-33(38)27-12-6-21(3)31-26(27)5-4-17-34-31/h4-6,9,12-13,17,19-20,22,24,29-30H,7-8,10-11,14-16,18H2,1-3H3,(H,35,38)/t22?,24?,29-,30+/m0/s1. The summed E-state index contributed by atoms with van der Waals surface area (Å²) < 4.78 is 0. The average molecular weight is 510 g/mol. The van der Waals surface area contributed by atoms with E-state index in [1.165, 1.54) is 43.2 Å². The number of aryl methyl sites for hydroxylation is 1. The zero-order valence-corrected chi connectivity index (χ0v) is 22.9. The summed E-state index contributed by atoms with van der Waals surface area (Å²) in [5, 5.41) is 4.25. The summed E-state index contributed by atoms with van der Waals surface area (Å²) in [6, 6.07) is 15.5. The van der Waals surface area contributed by atoms with Crippen molar-refractivity contribution in [3.63, 3.8) is 0 Å². The van der Waals surface area contributed by atoms with Gasteiger partial charge in [-0.3, -0.25) is 19.5 Å². The first-order valence-electron chi connectivity index (χ1n) is 14.5. The third kappa shape index (κ3) is 4.55. The van der Waals surface area contributed by atoms with E-state index in [2.05, 4.69) is 27.3 Å². The van der Waals surface area contributed by atoms with E-state index in [1.54, 1.807) is 6.20 Å². The lowest BCUT2D eigenvalue weighted by Crippen LogP contribution is -2.38. The molecule has 1 amide bonds. The highest BCUT2D eigenvalue weighted by atomic mass is 16.1. The number of ketones is 1. The van der Waals surface area contributed by atoms with Crippen LogP contribution in [0.5, 0.6) is 0 Å². The van der Waals surface area contributed by atoms with Crippen LogP contribution in [0.2, 0.25) is 0 Å². The quantitative estimate of drug-likeness (QED) is 0.350. The van der Waals surface area contributed by atoms with E-state index in [4.69, 9.17) is 0 Å². The zero-order chi connectivity index (χ0) is 26.4. The van der Waals surface area contributed by atoms with Crippen LogP contribution in [0.3, 0.4) is 0 Å². The molecule has 1 aliphatic carbocycles. The van der Waals surface area contributed by atoms with Gasteiger partial charge < -0.3 is 5.32 Å². The Hall–Kier alpha value is -3.05. The van der Waals surface area contributed by atoms with Gasteiger partial charge in [-0.25, -0.2) is 0 Å². The Morgan fingerprint density at radius 2 is 1.74 bits per heavy atom. The molecule has 198 valence electrons. The molecule has 3 aromatic rings. The molecule has 3 heterocycles. The van der Waals surface area contributed by atoms with E-state index in [1.807, 2.05) is 51.1 Å². The summed E-state index contributed by atoms with van der Waals surface area (Å²) in [5.74, 6) is 1.02. The number of hydrogen-bond donors (Lipinski definition) is 1. The van der Waals surface area contributed by atoms with Crippen LogP contribution in [0, 0.1) is 18.8 Å². The van der Waals surface area contributed by atoms with Crippen LogP contribution in [0.15, 0.2) is 48.7 Å². The predicted molar refractivity (Wildman–Crippen MR) is 151 cm³/mol. The SMILES string of the molecule is Cc1ccc(C(=O)NC2CCC(CCN3[C@@H]4CC[C@H]3c3ccc(C(=O)C(C)C)cc34)CC2)c2cccnc12. The molecule has 1 saturated heterocycles. The summed E-state index contributed by atoms with van der Waals surface area (Å²) in [5.41, 5.74) is 6.45. The number of amides is 1. The van der Waals surface area contributed by atoms with E-state index in [0.717, 1.165) is 47.0 Å². The van der Waals surface area contributed by atoms with Gasteiger partial charge in [0.05, 0.1) is 5.52 Å². The zero-order valence-electron chi connectivity index (χ0n) is 22.9. The summed E-state index contributed by atoms with van der Waals surface area (Å²) in [4.78, 5) is 32.9. The summed E-state index contributed by atoms with van der Waals surface area (Å²) in [6.07, 6.45) is 9.88. The van der Waals surface area contributed by atoms with E-state index in [9.17, 15) is 9.59 Å². The molecule has 0 radical (unpaired) electrons. The number of rotatable bonds is 7. The number of hydrogen-bond acceptors (Lipinski definition) is 4. The first-order chi connectivity index (χ1) is 18.4. The Balaban J connectivity index is 1.03. The van der Waals surface area contributed by atoms with Crippen LogP contribution in [0.4, 0.5) is 0 Å². The summed E-state index contributed by atoms with van der Waals surface area (Å²) in [6.45, 7) is 7.13. The largest absolute Gasteiger partial charge is 0.349 e. The minimum Gasteiger partial charge on any atom is -0.349 e. The molecule has 2 bridgehead atoms. The van der Waals surface area contributed by atoms with Crippen molar-refractivity contribution < 1.29 is 9.59 Å². The number of Topliss-reactive ketones (excluding diaryl/α,β-unsaturated/α-hetero) is 1. The van der Waals surface area contributed by atoms with Gasteiger partial charge in [0, 0.05) is 46.8 Å². The fourth-order valence-corrected chi connectivity index (χ4v) is 7.20. The fraction of sp³-hybridized carbons (Fsp3) is 0.485. The molecular formula is C33H39N3O2. The molecule has 0 unspecified atom stereocenters. The van der Waals surface area contributed by atoms with Crippen molar-refractivity contribution in [2.24, 2.45) is 11.8 Å². The van der Waals surface area contributed by atoms with Crippen LogP contribution in [0.1, 0.15) is 108 Å². The molecule has 5 heteroatoms. The Labute approximate surface area is 226 Å². The van der Waals surface area contributed by atoms with Crippen molar-refractivity contribution >= 4 is 22.6 Å². The monoisotopic (exact) mass is 509 g/mol. The number of fused-ring (bicyclic) bond motifs is 6. The third-order valence-electron chi connectivity index (χ3n) is 9.32. The molecule has 5 nitrogen and oxygen atoms in total. The van der Waals surface area contributed by atoms with Crippen molar-refractivity contribution in [3.05, 3.63) is 76.5 Å². The maximum absolute atomic E-state index is 13.1. The van der Waals surface area contributed by atoms with Crippen LogP contribution in [0.25, 0.3) is 10.9 Å². The molecule has 2 aliphatic heterocycles. The van der Waals surface area contributed by atoms with E-state index in [-0.39, 0.29) is 23.7 Å². The van der Waals surface area contributed by atoms with Gasteiger partial charge in [0.1, 0.15) is 0 Å². The third-order valence-corrected chi connectivity index (χ3v) is 9.32. The summed E-state index contributed by atoms with van der Waals surface area (Å²) >= 11 is 0. The first-order valence-corrected chi connectivity index (χ1v) is 14.5. The van der Waals surface area contributed by atoms with Crippen molar-refractivity contribution in [2.45, 2.75) is 83.8 Å². The van der Waals surface area contributed by atoms with Gasteiger partial charge in [-0.1, -0.05) is 38.1 Å².